The lowest BCUT2D eigenvalue weighted by Gasteiger charge is -2.18. The van der Waals surface area contributed by atoms with Crippen molar-refractivity contribution < 1.29 is 4.79 Å². The zero-order valence-corrected chi connectivity index (χ0v) is 13.9. The predicted octanol–water partition coefficient (Wildman–Crippen LogP) is 3.20. The summed E-state index contributed by atoms with van der Waals surface area (Å²) in [5.74, 6) is 2.13. The summed E-state index contributed by atoms with van der Waals surface area (Å²) in [6.45, 7) is 4.87. The summed E-state index contributed by atoms with van der Waals surface area (Å²) in [5.41, 5.74) is 1.03. The molecule has 0 unspecified atom stereocenters. The van der Waals surface area contributed by atoms with Crippen molar-refractivity contribution in [2.75, 3.05) is 18.6 Å². The smallest absolute Gasteiger partial charge is 0.315 e. The number of carbonyl (C=O) groups is 1. The van der Waals surface area contributed by atoms with Gasteiger partial charge in [0.25, 0.3) is 0 Å². The number of hydrogen-bond donors (Lipinski definition) is 2. The summed E-state index contributed by atoms with van der Waals surface area (Å²) < 4.78 is 0. The molecule has 0 bridgehead atoms. The molecule has 0 saturated heterocycles. The molecule has 1 aromatic rings. The molecule has 0 aromatic carbocycles. The largest absolute Gasteiger partial charge is 0.338 e. The number of urea groups is 1. The van der Waals surface area contributed by atoms with E-state index in [9.17, 15) is 4.79 Å². The summed E-state index contributed by atoms with van der Waals surface area (Å²) in [7, 11) is 0. The lowest BCUT2D eigenvalue weighted by molar-refractivity contribution is 0.234. The van der Waals surface area contributed by atoms with Crippen LogP contribution in [0.5, 0.6) is 0 Å². The summed E-state index contributed by atoms with van der Waals surface area (Å²) in [5, 5.41) is 9.15. The molecule has 0 spiro atoms. The van der Waals surface area contributed by atoms with Crippen LogP contribution in [0, 0.1) is 18.8 Å². The van der Waals surface area contributed by atoms with Gasteiger partial charge in [0.1, 0.15) is 5.01 Å². The van der Waals surface area contributed by atoms with Crippen LogP contribution in [-0.4, -0.2) is 29.6 Å². The van der Waals surface area contributed by atoms with E-state index in [1.807, 2.05) is 24.1 Å². The Balaban J connectivity index is 1.84. The van der Waals surface area contributed by atoms with Crippen LogP contribution < -0.4 is 10.6 Å². The van der Waals surface area contributed by atoms with Crippen LogP contribution in [0.3, 0.4) is 0 Å². The average molecular weight is 313 g/mol. The van der Waals surface area contributed by atoms with Gasteiger partial charge in [-0.3, -0.25) is 0 Å². The minimum absolute atomic E-state index is 0.0669. The zero-order valence-electron chi connectivity index (χ0n) is 12.3. The number of amides is 2. The van der Waals surface area contributed by atoms with Gasteiger partial charge in [-0.2, -0.15) is 11.8 Å². The Morgan fingerprint density at radius 2 is 2.35 bits per heavy atom. The van der Waals surface area contributed by atoms with E-state index >= 15 is 0 Å². The van der Waals surface area contributed by atoms with E-state index in [1.165, 1.54) is 12.8 Å². The molecule has 0 aliphatic heterocycles. The van der Waals surface area contributed by atoms with Crippen LogP contribution in [0.4, 0.5) is 4.79 Å². The topological polar surface area (TPSA) is 54.0 Å². The van der Waals surface area contributed by atoms with Crippen LogP contribution in [0.2, 0.25) is 0 Å². The van der Waals surface area contributed by atoms with E-state index in [0.717, 1.165) is 23.0 Å². The summed E-state index contributed by atoms with van der Waals surface area (Å²) in [6.07, 6.45) is 4.46. The van der Waals surface area contributed by atoms with Crippen LogP contribution in [-0.2, 0) is 0 Å². The van der Waals surface area contributed by atoms with Gasteiger partial charge in [0.15, 0.2) is 0 Å². The molecule has 2 amide bonds. The Bertz CT molecular complexity index is 445. The molecule has 6 heteroatoms. The van der Waals surface area contributed by atoms with Gasteiger partial charge in [-0.1, -0.05) is 6.92 Å². The standard InChI is InChI=1S/C14H23N3OS2/c1-9(7-19-3)6-15-14(18)17-12(11-4-5-11)13-16-10(2)8-20-13/h8-9,11-12H,4-7H2,1-3H3,(H2,15,17,18)/t9-,12+/m0/s1. The van der Waals surface area contributed by atoms with Gasteiger partial charge in [-0.15, -0.1) is 11.3 Å². The monoisotopic (exact) mass is 313 g/mol. The van der Waals surface area contributed by atoms with Crippen molar-refractivity contribution in [3.63, 3.8) is 0 Å². The van der Waals surface area contributed by atoms with Crippen molar-refractivity contribution in [1.82, 2.24) is 15.6 Å². The number of nitrogens with zero attached hydrogens (tertiary/aromatic N) is 1. The maximum atomic E-state index is 12.0. The first kappa shape index (κ1) is 15.6. The number of thioether (sulfide) groups is 1. The van der Waals surface area contributed by atoms with Gasteiger partial charge in [0.2, 0.25) is 0 Å². The summed E-state index contributed by atoms with van der Waals surface area (Å²) in [6, 6.07) is 0.0206. The van der Waals surface area contributed by atoms with Gasteiger partial charge in [-0.05, 0) is 43.6 Å². The SMILES string of the molecule is CSC[C@@H](C)CNC(=O)N[C@@H](c1nc(C)cs1)C1CC1. The van der Waals surface area contributed by atoms with Gasteiger partial charge in [0, 0.05) is 17.6 Å². The Kier molecular flexibility index (Phi) is 5.72. The fraction of sp³-hybridized carbons (Fsp3) is 0.714. The number of rotatable bonds is 7. The van der Waals surface area contributed by atoms with Crippen molar-refractivity contribution in [3.05, 3.63) is 16.1 Å². The maximum absolute atomic E-state index is 12.0. The third-order valence-corrected chi connectivity index (χ3v) is 5.29. The second-order valence-corrected chi connectivity index (χ2v) is 7.36. The lowest BCUT2D eigenvalue weighted by Crippen LogP contribution is -2.40. The van der Waals surface area contributed by atoms with E-state index in [2.05, 4.69) is 28.8 Å². The molecule has 1 aromatic heterocycles. The molecule has 4 nitrogen and oxygen atoms in total. The third-order valence-electron chi connectivity index (χ3n) is 3.35. The first-order chi connectivity index (χ1) is 9.60. The number of carbonyl (C=O) groups excluding carboxylic acids is 1. The molecule has 2 rings (SSSR count). The predicted molar refractivity (Wildman–Crippen MR) is 86.4 cm³/mol. The van der Waals surface area contributed by atoms with E-state index < -0.39 is 0 Å². The van der Waals surface area contributed by atoms with Crippen molar-refractivity contribution in [2.24, 2.45) is 11.8 Å². The van der Waals surface area contributed by atoms with Crippen LogP contribution >= 0.6 is 23.1 Å². The second-order valence-electron chi connectivity index (χ2n) is 5.56. The van der Waals surface area contributed by atoms with Crippen LogP contribution in [0.25, 0.3) is 0 Å². The molecular formula is C14H23N3OS2. The number of aromatic nitrogens is 1. The molecule has 1 aliphatic carbocycles. The summed E-state index contributed by atoms with van der Waals surface area (Å²) in [4.78, 5) is 16.5. The quantitative estimate of drug-likeness (QED) is 0.813. The number of thiazole rings is 1. The highest BCUT2D eigenvalue weighted by Crippen LogP contribution is 2.41. The highest BCUT2D eigenvalue weighted by Gasteiger charge is 2.35. The maximum Gasteiger partial charge on any atom is 0.315 e. The van der Waals surface area contributed by atoms with Crippen molar-refractivity contribution in [1.29, 1.82) is 0 Å². The fourth-order valence-corrected chi connectivity index (χ4v) is 3.75. The minimum atomic E-state index is -0.0669. The van der Waals surface area contributed by atoms with E-state index in [0.29, 0.717) is 11.8 Å². The second kappa shape index (κ2) is 7.31. The highest BCUT2D eigenvalue weighted by molar-refractivity contribution is 7.98. The molecule has 112 valence electrons. The van der Waals surface area contributed by atoms with Crippen LogP contribution in [0.1, 0.15) is 36.5 Å². The average Bonchev–Trinajstić information content (AvgIpc) is 3.16. The summed E-state index contributed by atoms with van der Waals surface area (Å²) >= 11 is 3.45. The molecule has 1 heterocycles. The Morgan fingerprint density at radius 3 is 2.90 bits per heavy atom. The van der Waals surface area contributed by atoms with E-state index in [4.69, 9.17) is 0 Å². The highest BCUT2D eigenvalue weighted by atomic mass is 32.2. The molecule has 1 aliphatic rings. The van der Waals surface area contributed by atoms with Gasteiger partial charge in [0.05, 0.1) is 6.04 Å². The third kappa shape index (κ3) is 4.66. The first-order valence-corrected chi connectivity index (χ1v) is 9.32. The van der Waals surface area contributed by atoms with E-state index in [1.54, 1.807) is 11.3 Å². The van der Waals surface area contributed by atoms with Crippen molar-refractivity contribution >= 4 is 29.1 Å². The lowest BCUT2D eigenvalue weighted by atomic mass is 10.2. The van der Waals surface area contributed by atoms with Crippen LogP contribution in [0.15, 0.2) is 5.38 Å². The van der Waals surface area contributed by atoms with Gasteiger partial charge >= 0.3 is 6.03 Å². The molecule has 0 radical (unpaired) electrons. The van der Waals surface area contributed by atoms with Gasteiger partial charge in [-0.25, -0.2) is 9.78 Å². The Labute approximate surface area is 129 Å². The van der Waals surface area contributed by atoms with Crippen molar-refractivity contribution in [2.45, 2.75) is 32.7 Å². The van der Waals surface area contributed by atoms with Gasteiger partial charge < -0.3 is 10.6 Å². The molecule has 20 heavy (non-hydrogen) atoms. The normalized spacial score (nSPS) is 17.6. The molecule has 2 N–H and O–H groups in total. The molecule has 1 fully saturated rings. The molecule has 1 saturated carbocycles. The molecule has 2 atom stereocenters. The first-order valence-electron chi connectivity index (χ1n) is 7.05. The Morgan fingerprint density at radius 1 is 1.60 bits per heavy atom. The Hall–Kier alpha value is -0.750. The number of hydrogen-bond acceptors (Lipinski definition) is 4. The zero-order chi connectivity index (χ0) is 14.5. The number of nitrogens with one attached hydrogen (secondary N) is 2. The van der Waals surface area contributed by atoms with E-state index in [-0.39, 0.29) is 12.1 Å². The number of aryl methyl sites for hydroxylation is 1. The minimum Gasteiger partial charge on any atom is -0.338 e. The fourth-order valence-electron chi connectivity index (χ4n) is 2.13. The van der Waals surface area contributed by atoms with Crippen molar-refractivity contribution in [3.8, 4) is 0 Å². The molecular weight excluding hydrogens is 290 g/mol.